The molecule has 6 rings (SSSR count). The second kappa shape index (κ2) is 6.42. The summed E-state index contributed by atoms with van der Waals surface area (Å²) in [6.45, 7) is 6.11. The van der Waals surface area contributed by atoms with E-state index in [-0.39, 0.29) is 17.3 Å². The Balaban J connectivity index is 1.25. The lowest BCUT2D eigenvalue weighted by molar-refractivity contribution is -0.180. The van der Waals surface area contributed by atoms with Crippen molar-refractivity contribution in [1.29, 1.82) is 0 Å². The van der Waals surface area contributed by atoms with E-state index in [0.717, 1.165) is 25.3 Å². The molecule has 0 radical (unpaired) electrons. The molecule has 5 aliphatic rings. The lowest BCUT2D eigenvalue weighted by atomic mass is 9.40. The zero-order valence-electron chi connectivity index (χ0n) is 17.5. The number of halogens is 2. The van der Waals surface area contributed by atoms with Crippen LogP contribution in [0.2, 0.25) is 0 Å². The molecule has 1 amide bonds. The normalized spacial score (nSPS) is 39.0. The van der Waals surface area contributed by atoms with Crippen molar-refractivity contribution in [3.8, 4) is 5.75 Å². The van der Waals surface area contributed by atoms with Crippen LogP contribution in [0.25, 0.3) is 0 Å². The molecule has 4 aliphatic carbocycles. The molecule has 1 aliphatic heterocycles. The molecular weight excluding hydrogens is 372 g/mol. The molecule has 1 aromatic carbocycles. The predicted molar refractivity (Wildman–Crippen MR) is 106 cm³/mol. The Morgan fingerprint density at radius 3 is 2.28 bits per heavy atom. The van der Waals surface area contributed by atoms with Gasteiger partial charge in [0.2, 0.25) is 5.91 Å². The Morgan fingerprint density at radius 2 is 1.69 bits per heavy atom. The number of nitrogens with zero attached hydrogens (tertiary/aromatic N) is 1. The highest BCUT2D eigenvalue weighted by Gasteiger charge is 2.63. The van der Waals surface area contributed by atoms with Gasteiger partial charge in [0.1, 0.15) is 11.9 Å². The molecule has 2 unspecified atom stereocenters. The molecule has 1 saturated heterocycles. The molecule has 5 fully saturated rings. The largest absolute Gasteiger partial charge is 0.487 e. The summed E-state index contributed by atoms with van der Waals surface area (Å²) in [7, 11) is 0. The van der Waals surface area contributed by atoms with Gasteiger partial charge >= 0.3 is 0 Å². The van der Waals surface area contributed by atoms with Crippen LogP contribution in [0.4, 0.5) is 8.78 Å². The van der Waals surface area contributed by atoms with Crippen LogP contribution in [-0.4, -0.2) is 30.0 Å². The minimum atomic E-state index is -0.668. The molecule has 2 atom stereocenters. The third kappa shape index (κ3) is 3.34. The van der Waals surface area contributed by atoms with Crippen LogP contribution in [0.15, 0.2) is 18.2 Å². The van der Waals surface area contributed by atoms with Gasteiger partial charge in [-0.25, -0.2) is 8.78 Å². The molecule has 5 heteroatoms. The van der Waals surface area contributed by atoms with Crippen LogP contribution < -0.4 is 4.74 Å². The number of ether oxygens (including phenoxy) is 1. The first kappa shape index (κ1) is 19.3. The number of amides is 1. The topological polar surface area (TPSA) is 29.5 Å². The minimum absolute atomic E-state index is 0.0955. The first-order chi connectivity index (χ1) is 13.7. The van der Waals surface area contributed by atoms with E-state index in [1.807, 2.05) is 4.90 Å². The maximum Gasteiger partial charge on any atom is 0.228 e. The van der Waals surface area contributed by atoms with Crippen molar-refractivity contribution >= 4 is 5.91 Å². The fraction of sp³-hybridized carbons (Fsp3) is 0.708. The highest BCUT2D eigenvalue weighted by Crippen LogP contribution is 2.69. The number of carbonyl (C=O) groups is 1. The van der Waals surface area contributed by atoms with Crippen molar-refractivity contribution in [2.24, 2.45) is 22.2 Å². The van der Waals surface area contributed by atoms with Gasteiger partial charge in [-0.1, -0.05) is 13.8 Å². The highest BCUT2D eigenvalue weighted by atomic mass is 19.1. The highest BCUT2D eigenvalue weighted by molar-refractivity contribution is 5.83. The fourth-order valence-corrected chi connectivity index (χ4v) is 7.95. The van der Waals surface area contributed by atoms with E-state index < -0.39 is 11.6 Å². The van der Waals surface area contributed by atoms with Crippen molar-refractivity contribution in [2.45, 2.75) is 71.3 Å². The lowest BCUT2D eigenvalue weighted by Crippen LogP contribution is -2.61. The summed E-state index contributed by atoms with van der Waals surface area (Å²) in [5.41, 5.74) is 0.483. The third-order valence-electron chi connectivity index (χ3n) is 8.00. The number of likely N-dealkylation sites (tertiary alicyclic amines) is 1. The Bertz CT molecular complexity index is 814. The Kier molecular flexibility index (Phi) is 4.28. The Labute approximate surface area is 171 Å². The smallest absolute Gasteiger partial charge is 0.228 e. The average molecular weight is 404 g/mol. The van der Waals surface area contributed by atoms with Crippen molar-refractivity contribution in [3.05, 3.63) is 29.8 Å². The van der Waals surface area contributed by atoms with Gasteiger partial charge in [-0.15, -0.1) is 0 Å². The fourth-order valence-electron chi connectivity index (χ4n) is 7.95. The van der Waals surface area contributed by atoms with Crippen molar-refractivity contribution in [2.75, 3.05) is 13.1 Å². The zero-order chi connectivity index (χ0) is 20.4. The Hall–Kier alpha value is -1.65. The van der Waals surface area contributed by atoms with Gasteiger partial charge in [0, 0.05) is 32.0 Å². The average Bonchev–Trinajstić information content (AvgIpc) is 2.61. The van der Waals surface area contributed by atoms with E-state index in [1.165, 1.54) is 31.4 Å². The molecule has 4 bridgehead atoms. The first-order valence-electron chi connectivity index (χ1n) is 11.1. The Morgan fingerprint density at radius 1 is 1.03 bits per heavy atom. The molecule has 3 nitrogen and oxygen atoms in total. The van der Waals surface area contributed by atoms with Gasteiger partial charge in [0.05, 0.1) is 5.41 Å². The first-order valence-corrected chi connectivity index (χ1v) is 11.1. The molecule has 1 aromatic rings. The monoisotopic (exact) mass is 403 g/mol. The SMILES string of the molecule is CC12CC3CC(C)(C1)CC(C(=O)N1CCC(Oc4ccc(F)cc4F)CC1)(C3)C2. The third-order valence-corrected chi connectivity index (χ3v) is 8.00. The number of benzene rings is 1. The second-order valence-electron chi connectivity index (χ2n) is 11.1. The second-order valence-corrected chi connectivity index (χ2v) is 11.1. The predicted octanol–water partition coefficient (Wildman–Crippen LogP) is 5.33. The van der Waals surface area contributed by atoms with Gasteiger partial charge in [-0.05, 0) is 67.4 Å². The summed E-state index contributed by atoms with van der Waals surface area (Å²) in [4.78, 5) is 15.7. The standard InChI is InChI=1S/C24H31F2NO2/c1-22-10-16-11-23(2,13-22)15-24(12-16,14-22)21(28)27-7-5-18(6-8-27)29-20-4-3-17(25)9-19(20)26/h3-4,9,16,18H,5-8,10-15H2,1-2H3. The van der Waals surface area contributed by atoms with Gasteiger partial charge < -0.3 is 9.64 Å². The summed E-state index contributed by atoms with van der Waals surface area (Å²) in [6, 6.07) is 3.41. The van der Waals surface area contributed by atoms with Gasteiger partial charge in [-0.3, -0.25) is 4.79 Å². The van der Waals surface area contributed by atoms with E-state index in [1.54, 1.807) is 0 Å². The molecule has 0 spiro atoms. The number of hydrogen-bond donors (Lipinski definition) is 0. The molecule has 0 aromatic heterocycles. The zero-order valence-corrected chi connectivity index (χ0v) is 17.5. The molecular formula is C24H31F2NO2. The van der Waals surface area contributed by atoms with Crippen molar-refractivity contribution in [3.63, 3.8) is 0 Å². The lowest BCUT2D eigenvalue weighted by Gasteiger charge is -2.65. The summed E-state index contributed by atoms with van der Waals surface area (Å²) in [5.74, 6) is -0.122. The summed E-state index contributed by atoms with van der Waals surface area (Å²) >= 11 is 0. The van der Waals surface area contributed by atoms with E-state index in [4.69, 9.17) is 4.74 Å². The van der Waals surface area contributed by atoms with Gasteiger partial charge in [-0.2, -0.15) is 0 Å². The van der Waals surface area contributed by atoms with Gasteiger partial charge in [0.25, 0.3) is 0 Å². The van der Waals surface area contributed by atoms with Crippen LogP contribution in [0.3, 0.4) is 0 Å². The van der Waals surface area contributed by atoms with Crippen LogP contribution in [-0.2, 0) is 4.79 Å². The summed E-state index contributed by atoms with van der Waals surface area (Å²) in [5, 5.41) is 0. The number of hydrogen-bond acceptors (Lipinski definition) is 2. The molecule has 4 saturated carbocycles. The van der Waals surface area contributed by atoms with Crippen LogP contribution in [0.1, 0.15) is 65.2 Å². The number of piperidine rings is 1. The summed E-state index contributed by atoms with van der Waals surface area (Å²) in [6.07, 6.45) is 8.25. The number of rotatable bonds is 3. The van der Waals surface area contributed by atoms with Crippen molar-refractivity contribution < 1.29 is 18.3 Å². The maximum atomic E-state index is 13.9. The van der Waals surface area contributed by atoms with E-state index in [2.05, 4.69) is 13.8 Å². The molecule has 1 heterocycles. The molecule has 29 heavy (non-hydrogen) atoms. The number of carbonyl (C=O) groups excluding carboxylic acids is 1. The van der Waals surface area contributed by atoms with Crippen LogP contribution in [0.5, 0.6) is 5.75 Å². The minimum Gasteiger partial charge on any atom is -0.487 e. The molecule has 158 valence electrons. The van der Waals surface area contributed by atoms with Crippen molar-refractivity contribution in [1.82, 2.24) is 4.90 Å². The van der Waals surface area contributed by atoms with E-state index in [9.17, 15) is 13.6 Å². The quantitative estimate of drug-likeness (QED) is 0.683. The summed E-state index contributed by atoms with van der Waals surface area (Å²) < 4.78 is 32.7. The van der Waals surface area contributed by atoms with E-state index >= 15 is 0 Å². The van der Waals surface area contributed by atoms with Crippen LogP contribution in [0, 0.1) is 33.8 Å². The van der Waals surface area contributed by atoms with E-state index in [0.29, 0.717) is 48.6 Å². The van der Waals surface area contributed by atoms with Crippen LogP contribution >= 0.6 is 0 Å². The molecule has 0 N–H and O–H groups in total. The van der Waals surface area contributed by atoms with Gasteiger partial charge in [0.15, 0.2) is 11.6 Å². The maximum absolute atomic E-state index is 13.9.